The first-order valence-electron chi connectivity index (χ1n) is 9.72. The van der Waals surface area contributed by atoms with E-state index in [-0.39, 0.29) is 0 Å². The highest BCUT2D eigenvalue weighted by Crippen LogP contribution is 2.21. The van der Waals surface area contributed by atoms with Crippen molar-refractivity contribution in [3.8, 4) is 17.1 Å². The predicted octanol–water partition coefficient (Wildman–Crippen LogP) is 2.56. The van der Waals surface area contributed by atoms with E-state index in [0.717, 1.165) is 16.9 Å². The molecule has 9 heteroatoms. The molecule has 0 N–H and O–H groups in total. The summed E-state index contributed by atoms with van der Waals surface area (Å²) in [5.41, 5.74) is 1.78. The summed E-state index contributed by atoms with van der Waals surface area (Å²) in [6, 6.07) is 14.5. The van der Waals surface area contributed by atoms with Crippen LogP contribution in [0.4, 0.5) is 0 Å². The summed E-state index contributed by atoms with van der Waals surface area (Å²) in [4.78, 5) is 6.93. The van der Waals surface area contributed by atoms with Gasteiger partial charge in [-0.25, -0.2) is 8.42 Å². The third kappa shape index (κ3) is 4.38. The van der Waals surface area contributed by atoms with Crippen LogP contribution in [0.2, 0.25) is 0 Å². The maximum atomic E-state index is 12.9. The lowest BCUT2D eigenvalue weighted by Gasteiger charge is -2.33. The molecule has 30 heavy (non-hydrogen) atoms. The van der Waals surface area contributed by atoms with Crippen LogP contribution in [-0.2, 0) is 16.6 Å². The Morgan fingerprint density at radius 2 is 1.80 bits per heavy atom. The average Bonchev–Trinajstić information content (AvgIpc) is 3.22. The number of aromatic nitrogens is 2. The van der Waals surface area contributed by atoms with Crippen molar-refractivity contribution in [3.05, 3.63) is 60.0 Å². The molecule has 0 saturated carbocycles. The maximum Gasteiger partial charge on any atom is 0.243 e. The Bertz CT molecular complexity index is 1100. The molecule has 8 nitrogen and oxygen atoms in total. The van der Waals surface area contributed by atoms with Crippen LogP contribution in [0.3, 0.4) is 0 Å². The molecule has 1 saturated heterocycles. The van der Waals surface area contributed by atoms with Gasteiger partial charge in [0, 0.05) is 31.7 Å². The zero-order chi connectivity index (χ0) is 21.1. The monoisotopic (exact) mass is 428 g/mol. The molecule has 1 aliphatic rings. The number of benzene rings is 2. The lowest BCUT2D eigenvalue weighted by atomic mass is 10.2. The highest BCUT2D eigenvalue weighted by Gasteiger charge is 2.29. The van der Waals surface area contributed by atoms with Crippen LogP contribution in [0.15, 0.2) is 57.9 Å². The molecule has 0 aliphatic carbocycles. The minimum absolute atomic E-state index is 0.344. The molecule has 2 heterocycles. The van der Waals surface area contributed by atoms with Crippen molar-refractivity contribution in [1.29, 1.82) is 0 Å². The normalized spacial score (nSPS) is 15.9. The van der Waals surface area contributed by atoms with Gasteiger partial charge in [-0.2, -0.15) is 9.29 Å². The summed E-state index contributed by atoms with van der Waals surface area (Å²) in [7, 11) is -1.86. The Balaban J connectivity index is 1.36. The summed E-state index contributed by atoms with van der Waals surface area (Å²) >= 11 is 0. The molecule has 2 aromatic carbocycles. The van der Waals surface area contributed by atoms with Crippen LogP contribution >= 0.6 is 0 Å². The first-order chi connectivity index (χ1) is 14.5. The van der Waals surface area contributed by atoms with E-state index < -0.39 is 10.0 Å². The van der Waals surface area contributed by atoms with Gasteiger partial charge in [-0.1, -0.05) is 17.3 Å². The number of methoxy groups -OCH3 is 1. The van der Waals surface area contributed by atoms with Gasteiger partial charge in [0.05, 0.1) is 18.6 Å². The summed E-state index contributed by atoms with van der Waals surface area (Å²) < 4.78 is 37.8. The number of ether oxygens (including phenoxy) is 1. The van der Waals surface area contributed by atoms with Gasteiger partial charge >= 0.3 is 0 Å². The van der Waals surface area contributed by atoms with E-state index in [1.165, 1.54) is 4.31 Å². The van der Waals surface area contributed by atoms with Crippen LogP contribution < -0.4 is 4.74 Å². The van der Waals surface area contributed by atoms with Crippen LogP contribution in [-0.4, -0.2) is 61.1 Å². The molecule has 0 bridgehead atoms. The Labute approximate surface area is 176 Å². The van der Waals surface area contributed by atoms with E-state index >= 15 is 0 Å². The van der Waals surface area contributed by atoms with Crippen LogP contribution in [0, 0.1) is 6.92 Å². The van der Waals surface area contributed by atoms with Gasteiger partial charge in [-0.3, -0.25) is 4.90 Å². The van der Waals surface area contributed by atoms with Crippen LogP contribution in [0.25, 0.3) is 11.4 Å². The van der Waals surface area contributed by atoms with Crippen molar-refractivity contribution >= 4 is 10.0 Å². The molecule has 3 aromatic rings. The fraction of sp³-hybridized carbons (Fsp3) is 0.333. The fourth-order valence-electron chi connectivity index (χ4n) is 3.42. The first-order valence-corrected chi connectivity index (χ1v) is 11.2. The minimum Gasteiger partial charge on any atom is -0.497 e. The van der Waals surface area contributed by atoms with E-state index in [0.29, 0.717) is 49.3 Å². The SMILES string of the molecule is COc1ccc(-c2noc(CN3CCN(S(=O)(=O)c4cccc(C)c4)CC3)n2)cc1. The highest BCUT2D eigenvalue weighted by atomic mass is 32.2. The Hall–Kier alpha value is -2.75. The lowest BCUT2D eigenvalue weighted by Crippen LogP contribution is -2.48. The Morgan fingerprint density at radius 3 is 2.47 bits per heavy atom. The molecule has 4 rings (SSSR count). The molecule has 0 spiro atoms. The predicted molar refractivity (Wildman–Crippen MR) is 112 cm³/mol. The van der Waals surface area contributed by atoms with E-state index in [1.807, 2.05) is 37.3 Å². The average molecular weight is 429 g/mol. The second-order valence-electron chi connectivity index (χ2n) is 7.24. The van der Waals surface area contributed by atoms with Crippen LogP contribution in [0.5, 0.6) is 5.75 Å². The Kier molecular flexibility index (Phi) is 5.85. The number of piperazine rings is 1. The van der Waals surface area contributed by atoms with Gasteiger partial charge < -0.3 is 9.26 Å². The third-order valence-corrected chi connectivity index (χ3v) is 7.03. The van der Waals surface area contributed by atoms with E-state index in [9.17, 15) is 8.42 Å². The zero-order valence-electron chi connectivity index (χ0n) is 17.0. The maximum absolute atomic E-state index is 12.9. The van der Waals surface area contributed by atoms with Crippen molar-refractivity contribution in [2.24, 2.45) is 0 Å². The smallest absolute Gasteiger partial charge is 0.243 e. The number of aryl methyl sites for hydroxylation is 1. The van der Waals surface area contributed by atoms with Gasteiger partial charge in [0.15, 0.2) is 0 Å². The number of hydrogen-bond donors (Lipinski definition) is 0. The van der Waals surface area contributed by atoms with Crippen molar-refractivity contribution in [2.75, 3.05) is 33.3 Å². The minimum atomic E-state index is -3.47. The van der Waals surface area contributed by atoms with Gasteiger partial charge in [0.1, 0.15) is 5.75 Å². The molecule has 0 unspecified atom stereocenters. The molecule has 0 amide bonds. The molecule has 1 aliphatic heterocycles. The van der Waals surface area contributed by atoms with E-state index in [1.54, 1.807) is 25.3 Å². The number of sulfonamides is 1. The highest BCUT2D eigenvalue weighted by molar-refractivity contribution is 7.89. The van der Waals surface area contributed by atoms with Crippen molar-refractivity contribution in [3.63, 3.8) is 0 Å². The van der Waals surface area contributed by atoms with Crippen molar-refractivity contribution < 1.29 is 17.7 Å². The first kappa shape index (κ1) is 20.5. The summed E-state index contributed by atoms with van der Waals surface area (Å²) in [6.45, 7) is 4.44. The van der Waals surface area contributed by atoms with Gasteiger partial charge in [-0.05, 0) is 48.9 Å². The quantitative estimate of drug-likeness (QED) is 0.596. The summed E-state index contributed by atoms with van der Waals surface area (Å²) in [5, 5.41) is 4.05. The zero-order valence-corrected chi connectivity index (χ0v) is 17.8. The van der Waals surface area contributed by atoms with Gasteiger partial charge in [0.2, 0.25) is 21.7 Å². The van der Waals surface area contributed by atoms with Gasteiger partial charge in [-0.15, -0.1) is 0 Å². The molecule has 1 aromatic heterocycles. The number of rotatable bonds is 6. The topological polar surface area (TPSA) is 88.8 Å². The third-order valence-electron chi connectivity index (χ3n) is 5.13. The molecular formula is C21H24N4O4S. The van der Waals surface area contributed by atoms with E-state index in [2.05, 4.69) is 15.0 Å². The van der Waals surface area contributed by atoms with Crippen molar-refractivity contribution in [1.82, 2.24) is 19.3 Å². The summed E-state index contributed by atoms with van der Waals surface area (Å²) in [5.74, 6) is 1.80. The molecule has 0 atom stereocenters. The standard InChI is InChI=1S/C21H24N4O4S/c1-16-4-3-5-19(14-16)30(26,27)25-12-10-24(11-13-25)15-20-22-21(23-29-20)17-6-8-18(28-2)9-7-17/h3-9,14H,10-13,15H2,1-2H3. The van der Waals surface area contributed by atoms with Crippen molar-refractivity contribution in [2.45, 2.75) is 18.4 Å². The molecule has 158 valence electrons. The largest absolute Gasteiger partial charge is 0.497 e. The number of nitrogens with zero attached hydrogens (tertiary/aromatic N) is 4. The molecular weight excluding hydrogens is 404 g/mol. The van der Waals surface area contributed by atoms with E-state index in [4.69, 9.17) is 9.26 Å². The second kappa shape index (κ2) is 8.55. The summed E-state index contributed by atoms with van der Waals surface area (Å²) in [6.07, 6.45) is 0. The molecule has 1 fully saturated rings. The lowest BCUT2D eigenvalue weighted by molar-refractivity contribution is 0.163. The Morgan fingerprint density at radius 1 is 1.07 bits per heavy atom. The molecule has 0 radical (unpaired) electrons. The fourth-order valence-corrected chi connectivity index (χ4v) is 4.95. The number of hydrogen-bond acceptors (Lipinski definition) is 7. The second-order valence-corrected chi connectivity index (χ2v) is 9.17. The van der Waals surface area contributed by atoms with Crippen LogP contribution in [0.1, 0.15) is 11.5 Å². The van der Waals surface area contributed by atoms with Gasteiger partial charge in [0.25, 0.3) is 0 Å².